The molecule has 4 N–H and O–H groups in total. The third kappa shape index (κ3) is 8.59. The molecule has 10 heteroatoms. The van der Waals surface area contributed by atoms with E-state index in [1.54, 1.807) is 18.2 Å². The number of benzene rings is 1. The summed E-state index contributed by atoms with van der Waals surface area (Å²) >= 11 is 0. The van der Waals surface area contributed by atoms with Gasteiger partial charge < -0.3 is 40.6 Å². The van der Waals surface area contributed by atoms with E-state index in [0.29, 0.717) is 28.9 Å². The Balaban J connectivity index is 1.31. The van der Waals surface area contributed by atoms with Crippen molar-refractivity contribution in [2.45, 2.75) is 63.8 Å². The number of hydrogen-bond donors (Lipinski definition) is 4. The fourth-order valence-corrected chi connectivity index (χ4v) is 5.73. The lowest BCUT2D eigenvalue weighted by Crippen LogP contribution is -2.42. The van der Waals surface area contributed by atoms with E-state index in [1.165, 1.54) is 0 Å². The molecule has 3 heterocycles. The lowest BCUT2D eigenvalue weighted by molar-refractivity contribution is -0.306. The number of carbonyl (C=O) groups excluding carboxylic acids is 3. The van der Waals surface area contributed by atoms with E-state index < -0.39 is 24.3 Å². The van der Waals surface area contributed by atoms with Crippen LogP contribution >= 0.6 is 0 Å². The SMILES string of the molecule is O=C([O-])CC(NC(=O)CNC(=O)C(CCC1CCNCC1)CCC1CCNCC1)c1ccc2c(c1)OCO2. The lowest BCUT2D eigenvalue weighted by atomic mass is 9.84. The minimum Gasteiger partial charge on any atom is -0.550 e. The van der Waals surface area contributed by atoms with Crippen LogP contribution < -0.4 is 35.8 Å². The van der Waals surface area contributed by atoms with Crippen LogP contribution in [0, 0.1) is 17.8 Å². The first-order chi connectivity index (χ1) is 18.5. The minimum absolute atomic E-state index is 0.0949. The molecule has 0 saturated carbocycles. The molecule has 1 atom stereocenters. The van der Waals surface area contributed by atoms with E-state index in [-0.39, 0.29) is 25.2 Å². The van der Waals surface area contributed by atoms with Gasteiger partial charge in [0, 0.05) is 18.3 Å². The molecule has 38 heavy (non-hydrogen) atoms. The first-order valence-corrected chi connectivity index (χ1v) is 14.1. The molecule has 2 saturated heterocycles. The molecule has 2 amide bonds. The van der Waals surface area contributed by atoms with Crippen LogP contribution in [0.1, 0.15) is 69.4 Å². The number of carboxylic acid groups (broad SMARTS) is 1. The highest BCUT2D eigenvalue weighted by atomic mass is 16.7. The Bertz CT molecular complexity index is 923. The molecule has 2 fully saturated rings. The van der Waals surface area contributed by atoms with Gasteiger partial charge in [0.05, 0.1) is 12.6 Å². The summed E-state index contributed by atoms with van der Waals surface area (Å²) in [5.41, 5.74) is 0.569. The molecular formula is C28H41N4O6-. The topological polar surface area (TPSA) is 141 Å². The second-order valence-electron chi connectivity index (χ2n) is 10.8. The van der Waals surface area contributed by atoms with Crippen LogP contribution in [-0.4, -0.2) is 57.3 Å². The predicted octanol–water partition coefficient (Wildman–Crippen LogP) is 1.00. The number of fused-ring (bicyclic) bond motifs is 1. The number of nitrogens with one attached hydrogen (secondary N) is 4. The summed E-state index contributed by atoms with van der Waals surface area (Å²) in [6, 6.07) is 4.22. The second kappa shape index (κ2) is 14.3. The van der Waals surface area contributed by atoms with Crippen molar-refractivity contribution in [3.8, 4) is 11.5 Å². The Labute approximate surface area is 224 Å². The largest absolute Gasteiger partial charge is 0.550 e. The molecule has 1 unspecified atom stereocenters. The van der Waals surface area contributed by atoms with Crippen LogP contribution in [0.15, 0.2) is 18.2 Å². The van der Waals surface area contributed by atoms with Gasteiger partial charge in [-0.3, -0.25) is 9.59 Å². The summed E-state index contributed by atoms with van der Waals surface area (Å²) < 4.78 is 10.7. The van der Waals surface area contributed by atoms with Crippen LogP contribution in [0.2, 0.25) is 0 Å². The third-order valence-corrected chi connectivity index (χ3v) is 8.06. The van der Waals surface area contributed by atoms with Crippen LogP contribution in [0.3, 0.4) is 0 Å². The maximum absolute atomic E-state index is 13.2. The third-order valence-electron chi connectivity index (χ3n) is 8.06. The zero-order chi connectivity index (χ0) is 26.7. The standard InChI is InChI=1S/C28H42N4O6/c33-26(32-23(16-27(34)35)22-5-6-24-25(15-22)38-18-37-24)17-31-28(36)21(3-1-19-7-11-29-12-8-19)4-2-20-9-13-30-14-10-20/h5-6,15,19-21,23,29-30H,1-4,7-14,16-18H2,(H,31,36)(H,32,33)(H,34,35)/p-1. The van der Waals surface area contributed by atoms with Crippen molar-refractivity contribution < 1.29 is 29.0 Å². The van der Waals surface area contributed by atoms with Gasteiger partial charge in [0.15, 0.2) is 11.5 Å². The van der Waals surface area contributed by atoms with Crippen molar-refractivity contribution in [3.63, 3.8) is 0 Å². The molecule has 1 aromatic rings. The average Bonchev–Trinajstić information content (AvgIpc) is 3.40. The van der Waals surface area contributed by atoms with Gasteiger partial charge >= 0.3 is 0 Å². The van der Waals surface area contributed by atoms with Gasteiger partial charge in [-0.2, -0.15) is 0 Å². The van der Waals surface area contributed by atoms with Crippen molar-refractivity contribution in [3.05, 3.63) is 23.8 Å². The zero-order valence-electron chi connectivity index (χ0n) is 22.1. The molecule has 210 valence electrons. The molecule has 10 nitrogen and oxygen atoms in total. The number of piperidine rings is 2. The highest BCUT2D eigenvalue weighted by molar-refractivity contribution is 5.86. The quantitative estimate of drug-likeness (QED) is 0.297. The summed E-state index contributed by atoms with van der Waals surface area (Å²) in [5, 5.41) is 23.7. The maximum Gasteiger partial charge on any atom is 0.239 e. The van der Waals surface area contributed by atoms with Crippen molar-refractivity contribution in [2.24, 2.45) is 17.8 Å². The van der Waals surface area contributed by atoms with E-state index in [1.807, 2.05) is 0 Å². The number of carboxylic acids is 1. The van der Waals surface area contributed by atoms with E-state index >= 15 is 0 Å². The zero-order valence-corrected chi connectivity index (χ0v) is 22.1. The minimum atomic E-state index is -1.28. The van der Waals surface area contributed by atoms with Gasteiger partial charge in [-0.05, 0) is 107 Å². The fraction of sp³-hybridized carbons (Fsp3) is 0.679. The number of ether oxygens (including phenoxy) is 2. The van der Waals surface area contributed by atoms with Crippen molar-refractivity contribution in [2.75, 3.05) is 39.5 Å². The molecular weight excluding hydrogens is 488 g/mol. The molecule has 0 radical (unpaired) electrons. The first kappa shape index (κ1) is 28.2. The summed E-state index contributed by atoms with van der Waals surface area (Å²) in [4.78, 5) is 37.3. The average molecular weight is 530 g/mol. The molecule has 3 aliphatic heterocycles. The van der Waals surface area contributed by atoms with Gasteiger partial charge in [0.2, 0.25) is 18.6 Å². The Morgan fingerprint density at radius 1 is 0.921 bits per heavy atom. The van der Waals surface area contributed by atoms with Gasteiger partial charge in [-0.15, -0.1) is 0 Å². The monoisotopic (exact) mass is 529 g/mol. The van der Waals surface area contributed by atoms with Crippen LogP contribution in [0.5, 0.6) is 11.5 Å². The van der Waals surface area contributed by atoms with Crippen LogP contribution in [0.4, 0.5) is 0 Å². The Hall–Kier alpha value is -2.85. The number of aliphatic carboxylic acids is 1. The van der Waals surface area contributed by atoms with Gasteiger partial charge in [0.1, 0.15) is 0 Å². The van der Waals surface area contributed by atoms with Crippen molar-refractivity contribution in [1.29, 1.82) is 0 Å². The smallest absolute Gasteiger partial charge is 0.239 e. The Morgan fingerprint density at radius 2 is 1.53 bits per heavy atom. The molecule has 0 bridgehead atoms. The van der Waals surface area contributed by atoms with E-state index in [0.717, 1.165) is 77.5 Å². The predicted molar refractivity (Wildman–Crippen MR) is 139 cm³/mol. The van der Waals surface area contributed by atoms with Gasteiger partial charge in [0.25, 0.3) is 0 Å². The molecule has 0 aromatic heterocycles. The summed E-state index contributed by atoms with van der Waals surface area (Å²) in [6.45, 7) is 4.03. The molecule has 1 aromatic carbocycles. The number of carbonyl (C=O) groups is 3. The number of rotatable bonds is 13. The number of hydrogen-bond acceptors (Lipinski definition) is 8. The number of amides is 2. The summed E-state index contributed by atoms with van der Waals surface area (Å²) in [6.07, 6.45) is 7.88. The first-order valence-electron chi connectivity index (χ1n) is 14.1. The maximum atomic E-state index is 13.2. The highest BCUT2D eigenvalue weighted by Crippen LogP contribution is 2.34. The lowest BCUT2D eigenvalue weighted by Gasteiger charge is -2.27. The Kier molecular flexibility index (Phi) is 10.6. The van der Waals surface area contributed by atoms with E-state index in [4.69, 9.17) is 9.47 Å². The second-order valence-corrected chi connectivity index (χ2v) is 10.8. The fourth-order valence-electron chi connectivity index (χ4n) is 5.73. The normalized spacial score (nSPS) is 18.8. The molecule has 3 aliphatic rings. The Morgan fingerprint density at radius 3 is 2.13 bits per heavy atom. The van der Waals surface area contributed by atoms with Crippen molar-refractivity contribution in [1.82, 2.24) is 21.3 Å². The highest BCUT2D eigenvalue weighted by Gasteiger charge is 2.25. The summed E-state index contributed by atoms with van der Waals surface area (Å²) in [7, 11) is 0. The molecule has 4 rings (SSSR count). The van der Waals surface area contributed by atoms with Gasteiger partial charge in [-0.25, -0.2) is 0 Å². The van der Waals surface area contributed by atoms with E-state index in [2.05, 4.69) is 21.3 Å². The van der Waals surface area contributed by atoms with Gasteiger partial charge in [-0.1, -0.05) is 6.07 Å². The molecule has 0 spiro atoms. The van der Waals surface area contributed by atoms with Crippen molar-refractivity contribution >= 4 is 17.8 Å². The molecule has 0 aliphatic carbocycles. The van der Waals surface area contributed by atoms with E-state index in [9.17, 15) is 19.5 Å². The van der Waals surface area contributed by atoms with Crippen LogP contribution in [-0.2, 0) is 14.4 Å². The van der Waals surface area contributed by atoms with Crippen LogP contribution in [0.25, 0.3) is 0 Å². The summed E-state index contributed by atoms with van der Waals surface area (Å²) in [5.74, 6) is 0.397.